The van der Waals surface area contributed by atoms with Gasteiger partial charge in [0.2, 0.25) is 11.8 Å². The lowest BCUT2D eigenvalue weighted by atomic mass is 9.99. The molecular weight excluding hydrogens is 449 g/mol. The van der Waals surface area contributed by atoms with E-state index in [1.54, 1.807) is 33.9 Å². The van der Waals surface area contributed by atoms with Crippen molar-refractivity contribution < 1.29 is 28.1 Å². The molecule has 1 aliphatic rings. The molecule has 12 heteroatoms. The molecular formula is C21H35N5O6P+. The van der Waals surface area contributed by atoms with Crippen LogP contribution in [0.1, 0.15) is 52.7 Å². The quantitative estimate of drug-likeness (QED) is 0.257. The molecule has 11 nitrogen and oxygen atoms in total. The maximum Gasteiger partial charge on any atom is 0.613 e. The zero-order valence-corrected chi connectivity index (χ0v) is 21.0. The van der Waals surface area contributed by atoms with Gasteiger partial charge in [0, 0.05) is 6.21 Å². The molecule has 1 aliphatic heterocycles. The van der Waals surface area contributed by atoms with Crippen LogP contribution in [-0.2, 0) is 23.4 Å². The van der Waals surface area contributed by atoms with Gasteiger partial charge in [-0.3, -0.25) is 9.79 Å². The van der Waals surface area contributed by atoms with Crippen LogP contribution in [0.5, 0.6) is 5.88 Å². The van der Waals surface area contributed by atoms with Crippen LogP contribution in [0.25, 0.3) is 0 Å². The fraction of sp³-hybridized carbons (Fsp3) is 0.714. The molecule has 3 N–H and O–H groups in total. The van der Waals surface area contributed by atoms with E-state index in [0.29, 0.717) is 29.6 Å². The number of nitrogens with one attached hydrogen (secondary N) is 1. The lowest BCUT2D eigenvalue weighted by molar-refractivity contribution is -0.149. The second-order valence-corrected chi connectivity index (χ2v) is 9.34. The third-order valence-electron chi connectivity index (χ3n) is 5.06. The predicted octanol–water partition coefficient (Wildman–Crippen LogP) is 3.26. The van der Waals surface area contributed by atoms with E-state index in [1.165, 1.54) is 7.11 Å². The Kier molecular flexibility index (Phi) is 10.6. The smallest absolute Gasteiger partial charge is 0.479 e. The number of nitrogens with zero attached hydrogens (tertiary/aromatic N) is 3. The van der Waals surface area contributed by atoms with Crippen LogP contribution in [0.15, 0.2) is 4.99 Å². The van der Waals surface area contributed by atoms with Crippen molar-refractivity contribution in [3.8, 4) is 5.88 Å². The summed E-state index contributed by atoms with van der Waals surface area (Å²) < 4.78 is 33.9. The summed E-state index contributed by atoms with van der Waals surface area (Å²) in [5, 5.41) is 2.62. The van der Waals surface area contributed by atoms with Gasteiger partial charge in [-0.2, -0.15) is 4.98 Å². The Labute approximate surface area is 195 Å². The van der Waals surface area contributed by atoms with Gasteiger partial charge in [-0.05, 0) is 57.4 Å². The molecule has 33 heavy (non-hydrogen) atoms. The first-order valence-corrected chi connectivity index (χ1v) is 12.2. The van der Waals surface area contributed by atoms with Gasteiger partial charge >= 0.3 is 14.1 Å². The maximum atomic E-state index is 12.1. The number of rotatable bonds is 12. The third kappa shape index (κ3) is 8.58. The summed E-state index contributed by atoms with van der Waals surface area (Å²) in [6.45, 7) is 9.19. The van der Waals surface area contributed by atoms with Crippen molar-refractivity contribution in [3.63, 3.8) is 0 Å². The Hall–Kier alpha value is -2.20. The molecule has 5 atom stereocenters. The molecule has 2 rings (SSSR count). The number of esters is 1. The van der Waals surface area contributed by atoms with E-state index in [2.05, 4.69) is 27.0 Å². The number of aryl methyl sites for hydroxylation is 1. The normalized spacial score (nSPS) is 22.0. The van der Waals surface area contributed by atoms with E-state index >= 15 is 0 Å². The van der Waals surface area contributed by atoms with Crippen molar-refractivity contribution in [3.05, 3.63) is 5.69 Å². The summed E-state index contributed by atoms with van der Waals surface area (Å²) in [4.78, 5) is 24.4. The van der Waals surface area contributed by atoms with Gasteiger partial charge in [-0.15, -0.1) is 4.52 Å². The number of aliphatic imine (C=N–C) groups is 1. The number of ether oxygens (including phenoxy) is 3. The standard InChI is InChI=1S/C21H35N5O6P/c1-12(2)31-20(27)15(5)26-33(28)30-11-16-10-13(3)17(32-16)8-7-9-23-18-14(4)24-21(22)25-19(18)29-6/h9,12-13,15-17H,7-8,10-11H2,1-6H3,(H,26,28)(H2,22,24,25)/q+1. The minimum atomic E-state index is -2.21. The van der Waals surface area contributed by atoms with Crippen LogP contribution < -0.4 is 15.6 Å². The van der Waals surface area contributed by atoms with Gasteiger partial charge < -0.3 is 19.9 Å². The molecule has 0 radical (unpaired) electrons. The molecule has 1 fully saturated rings. The number of aromatic nitrogens is 2. The van der Waals surface area contributed by atoms with E-state index in [0.717, 1.165) is 12.8 Å². The number of hydrogen-bond acceptors (Lipinski definition) is 10. The molecule has 5 unspecified atom stereocenters. The molecule has 0 spiro atoms. The van der Waals surface area contributed by atoms with Crippen molar-refractivity contribution >= 4 is 32.0 Å². The zero-order valence-electron chi connectivity index (χ0n) is 20.1. The molecule has 0 aliphatic carbocycles. The number of nitrogen functional groups attached to an aromatic ring is 1. The maximum absolute atomic E-state index is 12.1. The molecule has 1 aromatic rings. The minimum absolute atomic E-state index is 0.0430. The minimum Gasteiger partial charge on any atom is -0.479 e. The number of nitrogens with two attached hydrogens (primary N) is 1. The monoisotopic (exact) mass is 484 g/mol. The van der Waals surface area contributed by atoms with Gasteiger partial charge in [0.05, 0.1) is 31.1 Å². The first-order chi connectivity index (χ1) is 15.6. The molecule has 0 saturated carbocycles. The van der Waals surface area contributed by atoms with E-state index in [4.69, 9.17) is 24.5 Å². The Morgan fingerprint density at radius 2 is 2.12 bits per heavy atom. The Balaban J connectivity index is 1.76. The first-order valence-electron chi connectivity index (χ1n) is 11.0. The average molecular weight is 485 g/mol. The van der Waals surface area contributed by atoms with Crippen molar-refractivity contribution in [2.24, 2.45) is 10.9 Å². The van der Waals surface area contributed by atoms with Crippen LogP contribution in [-0.4, -0.2) is 60.2 Å². The highest BCUT2D eigenvalue weighted by atomic mass is 31.1. The van der Waals surface area contributed by atoms with E-state index in [1.807, 2.05) is 0 Å². The molecule has 1 aromatic heterocycles. The van der Waals surface area contributed by atoms with E-state index < -0.39 is 20.2 Å². The van der Waals surface area contributed by atoms with Gasteiger partial charge in [-0.1, -0.05) is 12.0 Å². The topological polar surface area (TPSA) is 147 Å². The summed E-state index contributed by atoms with van der Waals surface area (Å²) in [5.74, 6) is 0.344. The fourth-order valence-electron chi connectivity index (χ4n) is 3.44. The lowest BCUT2D eigenvalue weighted by Crippen LogP contribution is -2.33. The zero-order chi connectivity index (χ0) is 24.5. The molecule has 0 bridgehead atoms. The largest absolute Gasteiger partial charge is 0.613 e. The Morgan fingerprint density at radius 3 is 2.79 bits per heavy atom. The summed E-state index contributed by atoms with van der Waals surface area (Å²) in [5.41, 5.74) is 6.85. The Morgan fingerprint density at radius 1 is 1.39 bits per heavy atom. The SMILES string of the molecule is COc1nc(N)nc(C)c1N=CCCC1OC(CO[P+](=O)NC(C)C(=O)OC(C)C)CC1C. The number of hydrogen-bond donors (Lipinski definition) is 2. The highest BCUT2D eigenvalue weighted by Crippen LogP contribution is 2.32. The molecule has 2 heterocycles. The fourth-order valence-corrected chi connectivity index (χ4v) is 4.24. The first kappa shape index (κ1) is 27.0. The van der Waals surface area contributed by atoms with Gasteiger partial charge in [-0.25, -0.2) is 4.98 Å². The van der Waals surface area contributed by atoms with Crippen LogP contribution in [0.3, 0.4) is 0 Å². The summed E-state index contributed by atoms with van der Waals surface area (Å²) in [7, 11) is -0.695. The van der Waals surface area contributed by atoms with Gasteiger partial charge in [0.15, 0.2) is 0 Å². The number of methoxy groups -OCH3 is 1. The number of anilines is 1. The van der Waals surface area contributed by atoms with Crippen molar-refractivity contribution in [2.75, 3.05) is 19.5 Å². The molecule has 0 amide bonds. The Bertz CT molecular complexity index is 853. The predicted molar refractivity (Wildman–Crippen MR) is 125 cm³/mol. The molecule has 184 valence electrons. The van der Waals surface area contributed by atoms with Crippen LogP contribution in [0, 0.1) is 12.8 Å². The van der Waals surface area contributed by atoms with Crippen molar-refractivity contribution in [1.82, 2.24) is 15.1 Å². The second-order valence-electron chi connectivity index (χ2n) is 8.31. The number of carbonyl (C=O) groups excluding carboxylic acids is 1. The van der Waals surface area contributed by atoms with E-state index in [9.17, 15) is 9.36 Å². The van der Waals surface area contributed by atoms with Crippen molar-refractivity contribution in [1.29, 1.82) is 0 Å². The highest BCUT2D eigenvalue weighted by molar-refractivity contribution is 7.36. The van der Waals surface area contributed by atoms with Gasteiger partial charge in [0.1, 0.15) is 18.3 Å². The van der Waals surface area contributed by atoms with Crippen LogP contribution in [0.4, 0.5) is 11.6 Å². The van der Waals surface area contributed by atoms with Crippen LogP contribution in [0.2, 0.25) is 0 Å². The second kappa shape index (κ2) is 12.9. The average Bonchev–Trinajstić information content (AvgIpc) is 3.09. The summed E-state index contributed by atoms with van der Waals surface area (Å²) in [6.07, 6.45) is 3.72. The lowest BCUT2D eigenvalue weighted by Gasteiger charge is -2.13. The van der Waals surface area contributed by atoms with Crippen molar-refractivity contribution in [2.45, 2.75) is 78.2 Å². The van der Waals surface area contributed by atoms with Crippen LogP contribution >= 0.6 is 8.18 Å². The van der Waals surface area contributed by atoms with Gasteiger partial charge in [0.25, 0.3) is 0 Å². The molecule has 0 aromatic carbocycles. The van der Waals surface area contributed by atoms with E-state index in [-0.39, 0.29) is 30.9 Å². The number of carbonyl (C=O) groups is 1. The third-order valence-corrected chi connectivity index (χ3v) is 6.04. The highest BCUT2D eigenvalue weighted by Gasteiger charge is 2.35. The summed E-state index contributed by atoms with van der Waals surface area (Å²) >= 11 is 0. The summed E-state index contributed by atoms with van der Waals surface area (Å²) in [6, 6.07) is -0.722. The molecule has 1 saturated heterocycles.